The molecule has 1 N–H and O–H groups in total. The highest BCUT2D eigenvalue weighted by atomic mass is 16.5. The summed E-state index contributed by atoms with van der Waals surface area (Å²) < 4.78 is 5.26. The number of nitrogens with zero attached hydrogens (tertiary/aromatic N) is 1. The molecule has 7 rings (SSSR count). The molecule has 0 spiro atoms. The molecule has 1 saturated heterocycles. The monoisotopic (exact) mass is 508 g/mol. The first-order valence-electron chi connectivity index (χ1n) is 12.9. The van der Waals surface area contributed by atoms with Gasteiger partial charge in [0, 0.05) is 17.5 Å². The fourth-order valence-corrected chi connectivity index (χ4v) is 6.58. The number of rotatable bonds is 5. The van der Waals surface area contributed by atoms with Crippen LogP contribution in [0.15, 0.2) is 66.7 Å². The summed E-state index contributed by atoms with van der Waals surface area (Å²) in [6.07, 6.45) is 0. The second kappa shape index (κ2) is 8.94. The van der Waals surface area contributed by atoms with Crippen LogP contribution in [-0.4, -0.2) is 41.2 Å². The first-order valence-corrected chi connectivity index (χ1v) is 12.9. The Morgan fingerprint density at radius 1 is 0.842 bits per heavy atom. The van der Waals surface area contributed by atoms with Crippen LogP contribution in [0.1, 0.15) is 52.1 Å². The molecule has 3 atom stereocenters. The van der Waals surface area contributed by atoms with E-state index in [9.17, 15) is 19.2 Å². The van der Waals surface area contributed by atoms with Crippen molar-refractivity contribution in [2.45, 2.75) is 38.6 Å². The maximum absolute atomic E-state index is 13.8. The average Bonchev–Trinajstić information content (AvgIpc) is 3.18. The van der Waals surface area contributed by atoms with Gasteiger partial charge < -0.3 is 10.1 Å². The van der Waals surface area contributed by atoms with Crippen molar-refractivity contribution in [3.63, 3.8) is 0 Å². The number of carbonyl (C=O) groups excluding carboxylic acids is 4. The number of amides is 3. The molecule has 0 saturated carbocycles. The molecule has 192 valence electrons. The molecule has 0 radical (unpaired) electrons. The number of hydrogen-bond donors (Lipinski definition) is 1. The maximum Gasteiger partial charge on any atom is 0.329 e. The Morgan fingerprint density at radius 3 is 1.82 bits per heavy atom. The van der Waals surface area contributed by atoms with Gasteiger partial charge in [0.25, 0.3) is 5.91 Å². The first kappa shape index (κ1) is 24.1. The highest BCUT2D eigenvalue weighted by molar-refractivity contribution is 6.10. The molecule has 3 aromatic carbocycles. The van der Waals surface area contributed by atoms with Crippen LogP contribution in [0.3, 0.4) is 0 Å². The summed E-state index contributed by atoms with van der Waals surface area (Å²) in [5.74, 6) is -3.62. The van der Waals surface area contributed by atoms with Crippen molar-refractivity contribution in [2.75, 3.05) is 11.9 Å². The number of hydrogen-bond acceptors (Lipinski definition) is 5. The number of esters is 1. The maximum atomic E-state index is 13.8. The summed E-state index contributed by atoms with van der Waals surface area (Å²) >= 11 is 0. The lowest BCUT2D eigenvalue weighted by Crippen LogP contribution is -2.45. The van der Waals surface area contributed by atoms with Gasteiger partial charge in [-0.15, -0.1) is 0 Å². The molecular weight excluding hydrogens is 480 g/mol. The molecule has 3 amide bonds. The van der Waals surface area contributed by atoms with Crippen LogP contribution < -0.4 is 5.32 Å². The summed E-state index contributed by atoms with van der Waals surface area (Å²) in [7, 11) is 0. The lowest BCUT2D eigenvalue weighted by atomic mass is 9.55. The van der Waals surface area contributed by atoms with Crippen molar-refractivity contribution < 1.29 is 23.9 Å². The number of likely N-dealkylation sites (tertiary alicyclic amines) is 1. The number of anilines is 1. The van der Waals surface area contributed by atoms with Crippen LogP contribution in [0.25, 0.3) is 0 Å². The topological polar surface area (TPSA) is 92.8 Å². The highest BCUT2D eigenvalue weighted by Crippen LogP contribution is 2.61. The molecule has 1 heterocycles. The Hall–Kier alpha value is -4.26. The fraction of sp³-hybridized carbons (Fsp3) is 0.290. The van der Waals surface area contributed by atoms with Gasteiger partial charge in [0.05, 0.1) is 11.8 Å². The van der Waals surface area contributed by atoms with Gasteiger partial charge in [-0.1, -0.05) is 66.2 Å². The van der Waals surface area contributed by atoms with Crippen LogP contribution >= 0.6 is 0 Å². The zero-order chi connectivity index (χ0) is 26.7. The summed E-state index contributed by atoms with van der Waals surface area (Å²) in [4.78, 5) is 54.0. The third-order valence-electron chi connectivity index (χ3n) is 8.21. The minimum absolute atomic E-state index is 0.245. The molecule has 1 aliphatic heterocycles. The van der Waals surface area contributed by atoms with E-state index in [0.717, 1.165) is 38.3 Å². The predicted molar refractivity (Wildman–Crippen MR) is 140 cm³/mol. The molecule has 0 aromatic heterocycles. The Bertz CT molecular complexity index is 1400. The van der Waals surface area contributed by atoms with Gasteiger partial charge in [-0.05, 0) is 54.7 Å². The predicted octanol–water partition coefficient (Wildman–Crippen LogP) is 4.07. The second-order valence-electron chi connectivity index (χ2n) is 10.5. The van der Waals surface area contributed by atoms with E-state index in [1.54, 1.807) is 6.07 Å². The molecule has 7 nitrogen and oxygen atoms in total. The van der Waals surface area contributed by atoms with E-state index in [1.165, 1.54) is 6.92 Å². The van der Waals surface area contributed by atoms with Gasteiger partial charge in [0.2, 0.25) is 11.8 Å². The van der Waals surface area contributed by atoms with Crippen LogP contribution in [-0.2, 0) is 23.9 Å². The zero-order valence-electron chi connectivity index (χ0n) is 21.4. The largest absolute Gasteiger partial charge is 0.454 e. The van der Waals surface area contributed by atoms with Gasteiger partial charge in [-0.2, -0.15) is 0 Å². The van der Waals surface area contributed by atoms with E-state index in [-0.39, 0.29) is 23.7 Å². The van der Waals surface area contributed by atoms with Crippen molar-refractivity contribution in [1.82, 2.24) is 4.90 Å². The molecule has 1 fully saturated rings. The molecule has 3 aromatic rings. The molecule has 2 bridgehead atoms. The number of imide groups is 1. The van der Waals surface area contributed by atoms with Crippen LogP contribution in [0.2, 0.25) is 0 Å². The summed E-state index contributed by atoms with van der Waals surface area (Å²) in [5.41, 5.74) is 6.87. The van der Waals surface area contributed by atoms with E-state index >= 15 is 0 Å². The molecule has 38 heavy (non-hydrogen) atoms. The van der Waals surface area contributed by atoms with E-state index in [4.69, 9.17) is 4.74 Å². The summed E-state index contributed by atoms with van der Waals surface area (Å²) in [6.45, 7) is 4.81. The van der Waals surface area contributed by atoms with E-state index in [1.807, 2.05) is 74.5 Å². The minimum Gasteiger partial charge on any atom is -0.454 e. The quantitative estimate of drug-likeness (QED) is 0.414. The van der Waals surface area contributed by atoms with Gasteiger partial charge in [-0.3, -0.25) is 19.3 Å². The normalized spacial score (nSPS) is 23.4. The van der Waals surface area contributed by atoms with Crippen LogP contribution in [0.5, 0.6) is 0 Å². The van der Waals surface area contributed by atoms with Gasteiger partial charge >= 0.3 is 5.97 Å². The fourth-order valence-electron chi connectivity index (χ4n) is 6.58. The smallest absolute Gasteiger partial charge is 0.329 e. The van der Waals surface area contributed by atoms with E-state index in [2.05, 4.69) is 5.32 Å². The van der Waals surface area contributed by atoms with Crippen molar-refractivity contribution in [3.05, 3.63) is 100 Å². The molecular formula is C31H28N2O5. The SMILES string of the molecule is Cc1ccc(NC(=O)COC(=O)[C@H](C)N2C(=O)[C@@H]3C4c5ccccc5C(c5ccccc54)[C@@H]3C2=O)c(C)c1. The number of aryl methyl sites for hydroxylation is 2. The highest BCUT2D eigenvalue weighted by Gasteiger charge is 2.62. The molecule has 7 heteroatoms. The van der Waals surface area contributed by atoms with Crippen molar-refractivity contribution in [3.8, 4) is 0 Å². The van der Waals surface area contributed by atoms with Crippen LogP contribution in [0.4, 0.5) is 5.69 Å². The summed E-state index contributed by atoms with van der Waals surface area (Å²) in [5, 5.41) is 2.74. The molecule has 3 aliphatic carbocycles. The number of benzene rings is 3. The van der Waals surface area contributed by atoms with Crippen molar-refractivity contribution >= 4 is 29.4 Å². The average molecular weight is 509 g/mol. The molecule has 4 aliphatic rings. The Labute approximate surface area is 220 Å². The lowest BCUT2D eigenvalue weighted by molar-refractivity contribution is -0.159. The number of nitrogens with one attached hydrogen (secondary N) is 1. The third kappa shape index (κ3) is 3.56. The third-order valence-corrected chi connectivity index (χ3v) is 8.21. The number of carbonyl (C=O) groups is 4. The number of ether oxygens (including phenoxy) is 1. The lowest BCUT2D eigenvalue weighted by Gasteiger charge is -2.45. The van der Waals surface area contributed by atoms with Gasteiger partial charge in [0.1, 0.15) is 6.04 Å². The van der Waals surface area contributed by atoms with Crippen molar-refractivity contribution in [1.29, 1.82) is 0 Å². The molecule has 0 unspecified atom stereocenters. The Kier molecular flexibility index (Phi) is 5.67. The van der Waals surface area contributed by atoms with E-state index in [0.29, 0.717) is 5.69 Å². The van der Waals surface area contributed by atoms with Crippen LogP contribution in [0, 0.1) is 25.7 Å². The second-order valence-corrected chi connectivity index (χ2v) is 10.5. The summed E-state index contributed by atoms with van der Waals surface area (Å²) in [6, 6.07) is 20.4. The van der Waals surface area contributed by atoms with Gasteiger partial charge in [0.15, 0.2) is 6.61 Å². The minimum atomic E-state index is -1.14. The van der Waals surface area contributed by atoms with Crippen molar-refractivity contribution in [2.24, 2.45) is 11.8 Å². The Balaban J connectivity index is 1.21. The Morgan fingerprint density at radius 2 is 1.34 bits per heavy atom. The van der Waals surface area contributed by atoms with Gasteiger partial charge in [-0.25, -0.2) is 4.79 Å². The van der Waals surface area contributed by atoms with E-state index < -0.39 is 36.4 Å². The zero-order valence-corrected chi connectivity index (χ0v) is 21.4. The first-order chi connectivity index (χ1) is 18.3. The standard InChI is InChI=1S/C31H28N2O5/c1-16-12-13-23(17(2)14-16)32-24(34)15-38-31(37)18(3)33-29(35)27-25-19-8-4-5-9-20(19)26(28(27)30(33)36)22-11-7-6-10-21(22)25/h4-14,18,25-28H,15H2,1-3H3,(H,32,34)/t18-,25?,26?,27-,28+/m0/s1.